The predicted molar refractivity (Wildman–Crippen MR) is 80.9 cm³/mol. The number of methoxy groups -OCH3 is 2. The van der Waals surface area contributed by atoms with Crippen molar-refractivity contribution in [2.75, 3.05) is 14.2 Å². The Labute approximate surface area is 121 Å². The molecule has 0 N–H and O–H groups in total. The third-order valence-electron chi connectivity index (χ3n) is 2.60. The minimum absolute atomic E-state index is 0.697. The maximum Gasteiger partial charge on any atom is 0.161 e. The van der Waals surface area contributed by atoms with Gasteiger partial charge in [-0.2, -0.15) is 0 Å². The Hall–Kier alpha value is -1.81. The summed E-state index contributed by atoms with van der Waals surface area (Å²) < 4.78 is 11.5. The predicted octanol–water partition coefficient (Wildman–Crippen LogP) is 4.22. The molecule has 0 radical (unpaired) electrons. The summed E-state index contributed by atoms with van der Waals surface area (Å²) in [6.45, 7) is 0. The van der Waals surface area contributed by atoms with Gasteiger partial charge in [-0.25, -0.2) is 0 Å². The number of hydrogen-bond donors (Lipinski definition) is 0. The van der Waals surface area contributed by atoms with Crippen molar-refractivity contribution in [2.24, 2.45) is 4.99 Å². The van der Waals surface area contributed by atoms with Crippen molar-refractivity contribution in [3.63, 3.8) is 0 Å². The lowest BCUT2D eigenvalue weighted by molar-refractivity contribution is 0.355. The SMILES string of the molecule is COc1ccc(C=Nc2ccc(Br)cc2)cc1OC. The van der Waals surface area contributed by atoms with Crippen LogP contribution >= 0.6 is 15.9 Å². The van der Waals surface area contributed by atoms with Crippen LogP contribution in [0.5, 0.6) is 11.5 Å². The van der Waals surface area contributed by atoms with E-state index in [1.54, 1.807) is 20.4 Å². The van der Waals surface area contributed by atoms with Crippen molar-refractivity contribution in [1.82, 2.24) is 0 Å². The molecule has 0 amide bonds. The van der Waals surface area contributed by atoms with E-state index in [2.05, 4.69) is 20.9 Å². The van der Waals surface area contributed by atoms with E-state index < -0.39 is 0 Å². The zero-order chi connectivity index (χ0) is 13.7. The van der Waals surface area contributed by atoms with Gasteiger partial charge in [-0.05, 0) is 48.0 Å². The van der Waals surface area contributed by atoms with Crippen LogP contribution in [0.3, 0.4) is 0 Å². The third-order valence-corrected chi connectivity index (χ3v) is 3.13. The molecule has 2 aromatic carbocycles. The second kappa shape index (κ2) is 6.38. The molecule has 3 nitrogen and oxygen atoms in total. The first kappa shape index (κ1) is 13.6. The van der Waals surface area contributed by atoms with E-state index in [4.69, 9.17) is 9.47 Å². The Kier molecular flexibility index (Phi) is 4.58. The molecule has 19 heavy (non-hydrogen) atoms. The summed E-state index contributed by atoms with van der Waals surface area (Å²) >= 11 is 3.39. The van der Waals surface area contributed by atoms with Gasteiger partial charge in [0.05, 0.1) is 19.9 Å². The highest BCUT2D eigenvalue weighted by molar-refractivity contribution is 9.10. The van der Waals surface area contributed by atoms with Crippen LogP contribution < -0.4 is 9.47 Å². The molecule has 0 aromatic heterocycles. The van der Waals surface area contributed by atoms with Crippen molar-refractivity contribution in [3.8, 4) is 11.5 Å². The fraction of sp³-hybridized carbons (Fsp3) is 0.133. The lowest BCUT2D eigenvalue weighted by atomic mass is 10.2. The summed E-state index contributed by atoms with van der Waals surface area (Å²) in [7, 11) is 3.24. The fourth-order valence-electron chi connectivity index (χ4n) is 1.61. The highest BCUT2D eigenvalue weighted by Crippen LogP contribution is 2.27. The number of halogens is 1. The normalized spacial score (nSPS) is 10.7. The Morgan fingerprint density at radius 3 is 2.26 bits per heavy atom. The van der Waals surface area contributed by atoms with Crippen LogP contribution in [0.4, 0.5) is 5.69 Å². The molecule has 0 spiro atoms. The van der Waals surface area contributed by atoms with Crippen molar-refractivity contribution >= 4 is 27.8 Å². The van der Waals surface area contributed by atoms with Crippen molar-refractivity contribution in [2.45, 2.75) is 0 Å². The van der Waals surface area contributed by atoms with Gasteiger partial charge in [0.1, 0.15) is 0 Å². The van der Waals surface area contributed by atoms with E-state index in [1.807, 2.05) is 42.5 Å². The average Bonchev–Trinajstić information content (AvgIpc) is 2.46. The number of hydrogen-bond acceptors (Lipinski definition) is 3. The first-order valence-corrected chi connectivity index (χ1v) is 6.54. The molecule has 0 bridgehead atoms. The van der Waals surface area contributed by atoms with Gasteiger partial charge in [-0.15, -0.1) is 0 Å². The van der Waals surface area contributed by atoms with Crippen LogP contribution in [0.2, 0.25) is 0 Å². The van der Waals surface area contributed by atoms with E-state index in [9.17, 15) is 0 Å². The van der Waals surface area contributed by atoms with Gasteiger partial charge in [0.2, 0.25) is 0 Å². The topological polar surface area (TPSA) is 30.8 Å². The van der Waals surface area contributed by atoms with Crippen LogP contribution in [0.15, 0.2) is 51.9 Å². The summed E-state index contributed by atoms with van der Waals surface area (Å²) in [5.41, 5.74) is 1.86. The second-order valence-electron chi connectivity index (χ2n) is 3.85. The molecular formula is C15H14BrNO2. The van der Waals surface area contributed by atoms with Gasteiger partial charge in [0.25, 0.3) is 0 Å². The Morgan fingerprint density at radius 2 is 1.63 bits per heavy atom. The first-order valence-electron chi connectivity index (χ1n) is 5.74. The molecule has 0 fully saturated rings. The summed E-state index contributed by atoms with van der Waals surface area (Å²) in [5, 5.41) is 0. The van der Waals surface area contributed by atoms with Crippen molar-refractivity contribution in [3.05, 3.63) is 52.5 Å². The van der Waals surface area contributed by atoms with Gasteiger partial charge >= 0.3 is 0 Å². The van der Waals surface area contributed by atoms with Crippen LogP contribution in [-0.4, -0.2) is 20.4 Å². The Morgan fingerprint density at radius 1 is 0.947 bits per heavy atom. The zero-order valence-corrected chi connectivity index (χ0v) is 12.3. The minimum Gasteiger partial charge on any atom is -0.493 e. The van der Waals surface area contributed by atoms with Crippen LogP contribution in [-0.2, 0) is 0 Å². The van der Waals surface area contributed by atoms with Gasteiger partial charge < -0.3 is 9.47 Å². The number of ether oxygens (including phenoxy) is 2. The van der Waals surface area contributed by atoms with Gasteiger partial charge in [0.15, 0.2) is 11.5 Å². The van der Waals surface area contributed by atoms with Gasteiger partial charge in [-0.1, -0.05) is 15.9 Å². The highest BCUT2D eigenvalue weighted by atomic mass is 79.9. The maximum atomic E-state index is 5.25. The summed E-state index contributed by atoms with van der Waals surface area (Å²) in [4.78, 5) is 4.41. The first-order chi connectivity index (χ1) is 9.22. The summed E-state index contributed by atoms with van der Waals surface area (Å²) in [6, 6.07) is 13.5. The maximum absolute atomic E-state index is 5.25. The van der Waals surface area contributed by atoms with E-state index >= 15 is 0 Å². The summed E-state index contributed by atoms with van der Waals surface area (Å²) in [5.74, 6) is 1.41. The molecule has 0 unspecified atom stereocenters. The number of benzene rings is 2. The second-order valence-corrected chi connectivity index (χ2v) is 4.76. The van der Waals surface area contributed by atoms with Crippen LogP contribution in [0.25, 0.3) is 0 Å². The zero-order valence-electron chi connectivity index (χ0n) is 10.8. The van der Waals surface area contributed by atoms with Gasteiger partial charge in [0, 0.05) is 10.7 Å². The van der Waals surface area contributed by atoms with E-state index in [1.165, 1.54) is 0 Å². The molecule has 4 heteroatoms. The molecular weight excluding hydrogens is 306 g/mol. The average molecular weight is 320 g/mol. The Balaban J connectivity index is 2.21. The molecule has 0 aliphatic carbocycles. The van der Waals surface area contributed by atoms with E-state index in [0.717, 1.165) is 15.7 Å². The van der Waals surface area contributed by atoms with Crippen LogP contribution in [0.1, 0.15) is 5.56 Å². The van der Waals surface area contributed by atoms with E-state index in [0.29, 0.717) is 11.5 Å². The number of rotatable bonds is 4. The fourth-order valence-corrected chi connectivity index (χ4v) is 1.87. The number of aliphatic imine (C=N–C) groups is 1. The smallest absolute Gasteiger partial charge is 0.161 e. The molecule has 2 rings (SSSR count). The molecule has 0 saturated carbocycles. The molecule has 0 aliphatic rings. The van der Waals surface area contributed by atoms with Crippen molar-refractivity contribution < 1.29 is 9.47 Å². The van der Waals surface area contributed by atoms with Gasteiger partial charge in [-0.3, -0.25) is 4.99 Å². The molecule has 2 aromatic rings. The standard InChI is InChI=1S/C15H14BrNO2/c1-18-14-8-3-11(9-15(14)19-2)10-17-13-6-4-12(16)5-7-13/h3-10H,1-2H3. The minimum atomic E-state index is 0.697. The molecule has 0 saturated heterocycles. The monoisotopic (exact) mass is 319 g/mol. The Bertz CT molecular complexity index is 579. The third kappa shape index (κ3) is 3.58. The molecule has 0 heterocycles. The largest absolute Gasteiger partial charge is 0.493 e. The molecule has 0 aliphatic heterocycles. The molecule has 98 valence electrons. The van der Waals surface area contributed by atoms with E-state index in [-0.39, 0.29) is 0 Å². The molecule has 0 atom stereocenters. The quantitative estimate of drug-likeness (QED) is 0.790. The highest BCUT2D eigenvalue weighted by Gasteiger charge is 2.02. The lowest BCUT2D eigenvalue weighted by Gasteiger charge is -2.07. The summed E-state index contributed by atoms with van der Waals surface area (Å²) in [6.07, 6.45) is 1.80. The number of nitrogens with zero attached hydrogens (tertiary/aromatic N) is 1. The van der Waals surface area contributed by atoms with Crippen molar-refractivity contribution in [1.29, 1.82) is 0 Å². The lowest BCUT2D eigenvalue weighted by Crippen LogP contribution is -1.91. The van der Waals surface area contributed by atoms with Crippen LogP contribution in [0, 0.1) is 0 Å².